The highest BCUT2D eigenvalue weighted by molar-refractivity contribution is 5.84. The number of ether oxygens (including phenoxy) is 1. The van der Waals surface area contributed by atoms with Gasteiger partial charge in [0.05, 0.1) is 19.1 Å². The molecule has 0 fully saturated rings. The van der Waals surface area contributed by atoms with E-state index in [1.807, 2.05) is 0 Å². The van der Waals surface area contributed by atoms with Gasteiger partial charge in [-0.25, -0.2) is 23.4 Å². The highest BCUT2D eigenvalue weighted by Crippen LogP contribution is 2.35. The molecule has 1 aliphatic rings. The van der Waals surface area contributed by atoms with Gasteiger partial charge in [-0.15, -0.1) is 0 Å². The molecular weight excluding hydrogens is 370 g/mol. The molecule has 150 valence electrons. The van der Waals surface area contributed by atoms with Crippen molar-refractivity contribution >= 4 is 12.0 Å². The second kappa shape index (κ2) is 7.95. The number of nitrogens with zero attached hydrogens (tertiary/aromatic N) is 2. The number of nitrogens with one attached hydrogen (secondary N) is 2. The smallest absolute Gasteiger partial charge is 0.328 e. The number of hydrogen-bond acceptors (Lipinski definition) is 4. The molecule has 9 heteroatoms. The predicted molar refractivity (Wildman–Crippen MR) is 96.4 cm³/mol. The Labute approximate surface area is 161 Å². The van der Waals surface area contributed by atoms with Gasteiger partial charge in [0.2, 0.25) is 0 Å². The van der Waals surface area contributed by atoms with Crippen LogP contribution in [-0.4, -0.2) is 46.6 Å². The fraction of sp³-hybridized carbons (Fsp3) is 0.421. The topological polar surface area (TPSA) is 87.3 Å². The molecule has 2 heterocycles. The van der Waals surface area contributed by atoms with Crippen LogP contribution in [0.4, 0.5) is 13.6 Å². The van der Waals surface area contributed by atoms with Gasteiger partial charge >= 0.3 is 12.0 Å². The van der Waals surface area contributed by atoms with Gasteiger partial charge in [0.15, 0.2) is 11.6 Å². The number of fused-ring (bicyclic) bond motifs is 1. The molecule has 3 rings (SSSR count). The normalized spacial score (nSPS) is 17.2. The molecular formula is C19H22F2N4O3. The van der Waals surface area contributed by atoms with Crippen LogP contribution in [0.1, 0.15) is 36.8 Å². The number of halogens is 2. The zero-order chi connectivity index (χ0) is 20.4. The number of aromatic amines is 1. The van der Waals surface area contributed by atoms with Crippen LogP contribution < -0.4 is 5.32 Å². The van der Waals surface area contributed by atoms with Crippen molar-refractivity contribution in [3.8, 4) is 0 Å². The molecule has 28 heavy (non-hydrogen) atoms. The number of amides is 2. The quantitative estimate of drug-likeness (QED) is 0.783. The molecule has 0 unspecified atom stereocenters. The van der Waals surface area contributed by atoms with Crippen LogP contribution in [0.25, 0.3) is 0 Å². The van der Waals surface area contributed by atoms with E-state index in [2.05, 4.69) is 15.3 Å². The minimum absolute atomic E-state index is 0.00219. The fourth-order valence-electron chi connectivity index (χ4n) is 3.38. The van der Waals surface area contributed by atoms with Gasteiger partial charge in [0.25, 0.3) is 0 Å². The Morgan fingerprint density at radius 2 is 2.11 bits per heavy atom. The van der Waals surface area contributed by atoms with Crippen LogP contribution in [0.3, 0.4) is 0 Å². The number of methoxy groups -OCH3 is 1. The number of H-pyrrole nitrogens is 1. The van der Waals surface area contributed by atoms with Crippen molar-refractivity contribution in [3.05, 3.63) is 53.1 Å². The van der Waals surface area contributed by atoms with Gasteiger partial charge < -0.3 is 19.9 Å². The largest absolute Gasteiger partial charge is 0.467 e. The molecule has 0 aliphatic carbocycles. The zero-order valence-corrected chi connectivity index (χ0v) is 15.8. The monoisotopic (exact) mass is 392 g/mol. The SMILES string of the molecule is COC(=O)[C@@H](NC(=O)N1CCc2[nH]cnc2[C@@H]1c1cccc(F)c1F)C(C)C. The van der Waals surface area contributed by atoms with Crippen molar-refractivity contribution in [2.45, 2.75) is 32.4 Å². The molecule has 2 N–H and O–H groups in total. The summed E-state index contributed by atoms with van der Waals surface area (Å²) in [5.74, 6) is -2.83. The second-order valence-electron chi connectivity index (χ2n) is 6.95. The standard InChI is InChI=1S/C19H22F2N4O3/c1-10(2)15(18(26)28-3)24-19(27)25-8-7-13-16(23-9-22-13)17(25)11-5-4-6-12(20)14(11)21/h4-6,9-10,15,17H,7-8H2,1-3H3,(H,22,23)(H,24,27)/t15-,17-/m0/s1. The molecule has 2 aromatic rings. The summed E-state index contributed by atoms with van der Waals surface area (Å²) in [5.41, 5.74) is 1.21. The lowest BCUT2D eigenvalue weighted by Gasteiger charge is -2.36. The third-order valence-electron chi connectivity index (χ3n) is 4.86. The molecule has 2 amide bonds. The molecule has 1 aliphatic heterocycles. The number of rotatable bonds is 4. The summed E-state index contributed by atoms with van der Waals surface area (Å²) >= 11 is 0. The Morgan fingerprint density at radius 3 is 2.79 bits per heavy atom. The Kier molecular flexibility index (Phi) is 5.62. The number of carbonyl (C=O) groups is 2. The van der Waals surface area contributed by atoms with E-state index in [0.717, 1.165) is 11.8 Å². The summed E-state index contributed by atoms with van der Waals surface area (Å²) in [7, 11) is 1.24. The van der Waals surface area contributed by atoms with Crippen LogP contribution in [0.5, 0.6) is 0 Å². The number of aromatic nitrogens is 2. The number of imidazole rings is 1. The third-order valence-corrected chi connectivity index (χ3v) is 4.86. The summed E-state index contributed by atoms with van der Waals surface area (Å²) in [6, 6.07) is 1.46. The maximum Gasteiger partial charge on any atom is 0.328 e. The Morgan fingerprint density at radius 1 is 1.36 bits per heavy atom. The first-order valence-corrected chi connectivity index (χ1v) is 8.96. The maximum atomic E-state index is 14.6. The first-order chi connectivity index (χ1) is 13.3. The average Bonchev–Trinajstić information content (AvgIpc) is 3.15. The maximum absolute atomic E-state index is 14.6. The number of urea groups is 1. The lowest BCUT2D eigenvalue weighted by Crippen LogP contribution is -2.53. The van der Waals surface area contributed by atoms with Crippen LogP contribution in [0.15, 0.2) is 24.5 Å². The van der Waals surface area contributed by atoms with Crippen LogP contribution in [0.2, 0.25) is 0 Å². The molecule has 0 bridgehead atoms. The molecule has 1 aromatic carbocycles. The Hall–Kier alpha value is -2.97. The summed E-state index contributed by atoms with van der Waals surface area (Å²) in [4.78, 5) is 33.6. The van der Waals surface area contributed by atoms with Gasteiger partial charge in [-0.3, -0.25) is 0 Å². The van der Waals surface area contributed by atoms with Gasteiger partial charge in [-0.1, -0.05) is 26.0 Å². The van der Waals surface area contributed by atoms with Crippen molar-refractivity contribution in [1.82, 2.24) is 20.2 Å². The highest BCUT2D eigenvalue weighted by Gasteiger charge is 2.38. The van der Waals surface area contributed by atoms with E-state index < -0.39 is 35.7 Å². The third kappa shape index (κ3) is 3.56. The summed E-state index contributed by atoms with van der Waals surface area (Å²) < 4.78 is 33.2. The fourth-order valence-corrected chi connectivity index (χ4v) is 3.38. The van der Waals surface area contributed by atoms with E-state index in [1.54, 1.807) is 13.8 Å². The molecule has 0 saturated heterocycles. The number of hydrogen-bond donors (Lipinski definition) is 2. The Bertz CT molecular complexity index is 884. The number of benzene rings is 1. The molecule has 0 saturated carbocycles. The minimum atomic E-state index is -1.03. The summed E-state index contributed by atoms with van der Waals surface area (Å²) in [6.07, 6.45) is 1.93. The minimum Gasteiger partial charge on any atom is -0.467 e. The number of carbonyl (C=O) groups excluding carboxylic acids is 2. The lowest BCUT2D eigenvalue weighted by atomic mass is 9.95. The molecule has 1 aromatic heterocycles. The van der Waals surface area contributed by atoms with Gasteiger partial charge in [-0.2, -0.15) is 0 Å². The molecule has 0 spiro atoms. The Balaban J connectivity index is 1.98. The van der Waals surface area contributed by atoms with E-state index in [4.69, 9.17) is 4.74 Å². The number of esters is 1. The van der Waals surface area contributed by atoms with E-state index >= 15 is 0 Å². The molecule has 0 radical (unpaired) electrons. The summed E-state index contributed by atoms with van der Waals surface area (Å²) in [5, 5.41) is 2.65. The van der Waals surface area contributed by atoms with Crippen LogP contribution >= 0.6 is 0 Å². The van der Waals surface area contributed by atoms with Crippen LogP contribution in [-0.2, 0) is 16.0 Å². The van der Waals surface area contributed by atoms with Gasteiger partial charge in [-0.05, 0) is 12.0 Å². The lowest BCUT2D eigenvalue weighted by molar-refractivity contribution is -0.144. The van der Waals surface area contributed by atoms with E-state index in [1.165, 1.54) is 30.5 Å². The first kappa shape index (κ1) is 19.8. The van der Waals surface area contributed by atoms with E-state index in [9.17, 15) is 18.4 Å². The van der Waals surface area contributed by atoms with Crippen molar-refractivity contribution in [2.75, 3.05) is 13.7 Å². The second-order valence-corrected chi connectivity index (χ2v) is 6.95. The van der Waals surface area contributed by atoms with Crippen LogP contribution in [0, 0.1) is 17.6 Å². The molecule has 7 nitrogen and oxygen atoms in total. The van der Waals surface area contributed by atoms with Gasteiger partial charge in [0.1, 0.15) is 12.1 Å². The highest BCUT2D eigenvalue weighted by atomic mass is 19.2. The van der Waals surface area contributed by atoms with Crippen molar-refractivity contribution < 1.29 is 23.1 Å². The zero-order valence-electron chi connectivity index (χ0n) is 15.8. The molecule has 2 atom stereocenters. The summed E-state index contributed by atoms with van der Waals surface area (Å²) in [6.45, 7) is 3.79. The van der Waals surface area contributed by atoms with E-state index in [0.29, 0.717) is 12.1 Å². The first-order valence-electron chi connectivity index (χ1n) is 8.96. The van der Waals surface area contributed by atoms with E-state index in [-0.39, 0.29) is 18.0 Å². The van der Waals surface area contributed by atoms with Crippen molar-refractivity contribution in [1.29, 1.82) is 0 Å². The predicted octanol–water partition coefficient (Wildman–Crippen LogP) is 2.54. The van der Waals surface area contributed by atoms with Gasteiger partial charge in [0, 0.05) is 24.2 Å². The van der Waals surface area contributed by atoms with Crippen molar-refractivity contribution in [2.24, 2.45) is 5.92 Å². The average molecular weight is 392 g/mol. The van der Waals surface area contributed by atoms with Crippen molar-refractivity contribution in [3.63, 3.8) is 0 Å².